The summed E-state index contributed by atoms with van der Waals surface area (Å²) in [6.45, 7) is 0.557. The van der Waals surface area contributed by atoms with Crippen molar-refractivity contribution in [3.8, 4) is 0 Å². The summed E-state index contributed by atoms with van der Waals surface area (Å²) in [6, 6.07) is 15.0. The van der Waals surface area contributed by atoms with Crippen molar-refractivity contribution in [2.45, 2.75) is 32.2 Å². The normalized spacial score (nSPS) is 12.7. The van der Waals surface area contributed by atoms with Crippen LogP contribution in [0.15, 0.2) is 54.7 Å². The first-order chi connectivity index (χ1) is 14.6. The van der Waals surface area contributed by atoms with Gasteiger partial charge in [0.25, 0.3) is 0 Å². The van der Waals surface area contributed by atoms with Crippen molar-refractivity contribution < 1.29 is 14.4 Å². The summed E-state index contributed by atoms with van der Waals surface area (Å²) in [5.74, 6) is -0.0650. The van der Waals surface area contributed by atoms with Crippen LogP contribution in [-0.2, 0) is 22.6 Å². The maximum absolute atomic E-state index is 12.5. The fraction of sp³-hybridized carbons (Fsp3) is 0.227. The topological polar surface area (TPSA) is 106 Å². The summed E-state index contributed by atoms with van der Waals surface area (Å²) in [6.07, 6.45) is 2.83. The first kappa shape index (κ1) is 19.5. The molecular formula is C22H21N5O3. The van der Waals surface area contributed by atoms with Crippen LogP contribution >= 0.6 is 0 Å². The third kappa shape index (κ3) is 4.78. The molecule has 0 saturated heterocycles. The number of hydrogen-bond donors (Lipinski definition) is 2. The second kappa shape index (κ2) is 8.69. The minimum absolute atomic E-state index is 0.0149. The largest absolute Gasteiger partial charge is 0.326 e. The van der Waals surface area contributed by atoms with Gasteiger partial charge in [-0.3, -0.25) is 14.4 Å². The quantitative estimate of drug-likeness (QED) is 0.590. The van der Waals surface area contributed by atoms with Gasteiger partial charge in [-0.05, 0) is 35.7 Å². The molecule has 4 rings (SSSR count). The van der Waals surface area contributed by atoms with E-state index in [1.165, 1.54) is 0 Å². The smallest absolute Gasteiger partial charge is 0.226 e. The van der Waals surface area contributed by atoms with E-state index < -0.39 is 0 Å². The summed E-state index contributed by atoms with van der Waals surface area (Å²) < 4.78 is 1.64. The Morgan fingerprint density at radius 2 is 1.90 bits per heavy atom. The van der Waals surface area contributed by atoms with Gasteiger partial charge >= 0.3 is 0 Å². The monoisotopic (exact) mass is 403 g/mol. The van der Waals surface area contributed by atoms with Crippen LogP contribution in [-0.4, -0.2) is 32.6 Å². The van der Waals surface area contributed by atoms with Crippen molar-refractivity contribution >= 4 is 29.1 Å². The molecule has 1 aromatic heterocycles. The molecule has 8 nitrogen and oxygen atoms in total. The van der Waals surface area contributed by atoms with Gasteiger partial charge in [0, 0.05) is 30.5 Å². The number of benzene rings is 2. The Balaban J connectivity index is 1.29. The zero-order valence-corrected chi connectivity index (χ0v) is 16.3. The van der Waals surface area contributed by atoms with Gasteiger partial charge in [0.05, 0.1) is 12.7 Å². The zero-order valence-electron chi connectivity index (χ0n) is 16.3. The Hall–Kier alpha value is -3.81. The van der Waals surface area contributed by atoms with E-state index in [9.17, 15) is 14.4 Å². The molecule has 0 fully saturated rings. The standard InChI is InChI=1S/C22H21N5O3/c28-19(17-6-8-18-16(12-17)7-10-21(29)23-18)9-11-22(30)24-20-14-27(26-25-20)13-15-4-2-1-3-5-15/h1-6,8,12,14H,7,9-11,13H2,(H,23,29)(H,24,30). The van der Waals surface area contributed by atoms with E-state index in [2.05, 4.69) is 20.9 Å². The lowest BCUT2D eigenvalue weighted by Crippen LogP contribution is -2.19. The molecule has 0 aliphatic carbocycles. The number of nitrogens with zero attached hydrogens (tertiary/aromatic N) is 3. The van der Waals surface area contributed by atoms with Gasteiger partial charge in [0.2, 0.25) is 11.8 Å². The minimum Gasteiger partial charge on any atom is -0.326 e. The van der Waals surface area contributed by atoms with Crippen molar-refractivity contribution in [2.75, 3.05) is 10.6 Å². The van der Waals surface area contributed by atoms with Crippen LogP contribution in [0.5, 0.6) is 0 Å². The molecule has 1 aliphatic rings. The van der Waals surface area contributed by atoms with E-state index in [1.54, 1.807) is 29.1 Å². The van der Waals surface area contributed by atoms with E-state index in [0.717, 1.165) is 16.8 Å². The van der Waals surface area contributed by atoms with Gasteiger partial charge in [-0.1, -0.05) is 35.5 Å². The molecule has 8 heteroatoms. The molecule has 0 saturated carbocycles. The van der Waals surface area contributed by atoms with Crippen LogP contribution in [0.2, 0.25) is 0 Å². The third-order valence-electron chi connectivity index (χ3n) is 4.90. The molecule has 0 atom stereocenters. The minimum atomic E-state index is -0.291. The van der Waals surface area contributed by atoms with Crippen molar-refractivity contribution in [2.24, 2.45) is 0 Å². The van der Waals surface area contributed by atoms with E-state index in [-0.39, 0.29) is 30.4 Å². The number of anilines is 2. The number of rotatable bonds is 7. The zero-order chi connectivity index (χ0) is 20.9. The molecule has 2 heterocycles. The highest BCUT2D eigenvalue weighted by Gasteiger charge is 2.17. The maximum Gasteiger partial charge on any atom is 0.226 e. The molecule has 2 amide bonds. The first-order valence-corrected chi connectivity index (χ1v) is 9.77. The lowest BCUT2D eigenvalue weighted by atomic mass is 9.97. The number of Topliss-reactive ketones (excluding diaryl/α,β-unsaturated/α-hetero) is 1. The summed E-state index contributed by atoms with van der Waals surface area (Å²) in [4.78, 5) is 36.1. The number of nitrogens with one attached hydrogen (secondary N) is 2. The first-order valence-electron chi connectivity index (χ1n) is 9.77. The fourth-order valence-electron chi connectivity index (χ4n) is 3.34. The maximum atomic E-state index is 12.5. The highest BCUT2D eigenvalue weighted by atomic mass is 16.2. The molecule has 2 N–H and O–H groups in total. The van der Waals surface area contributed by atoms with Crippen LogP contribution in [0, 0.1) is 0 Å². The van der Waals surface area contributed by atoms with Gasteiger partial charge in [0.15, 0.2) is 11.6 Å². The number of carbonyl (C=O) groups excluding carboxylic acids is 3. The van der Waals surface area contributed by atoms with Gasteiger partial charge in [0.1, 0.15) is 0 Å². The Kier molecular flexibility index (Phi) is 5.65. The van der Waals surface area contributed by atoms with Crippen molar-refractivity contribution in [3.63, 3.8) is 0 Å². The average molecular weight is 403 g/mol. The van der Waals surface area contributed by atoms with Crippen molar-refractivity contribution in [1.29, 1.82) is 0 Å². The van der Waals surface area contributed by atoms with Crippen LogP contribution in [0.25, 0.3) is 0 Å². The van der Waals surface area contributed by atoms with E-state index in [4.69, 9.17) is 0 Å². The molecule has 0 spiro atoms. The number of hydrogen-bond acceptors (Lipinski definition) is 5. The number of aryl methyl sites for hydroxylation is 1. The van der Waals surface area contributed by atoms with E-state index in [1.807, 2.05) is 30.3 Å². The van der Waals surface area contributed by atoms with Crippen molar-refractivity contribution in [1.82, 2.24) is 15.0 Å². The summed E-state index contributed by atoms with van der Waals surface area (Å²) in [5, 5.41) is 13.4. The third-order valence-corrected chi connectivity index (χ3v) is 4.90. The molecule has 0 radical (unpaired) electrons. The molecular weight excluding hydrogens is 382 g/mol. The van der Waals surface area contributed by atoms with Gasteiger partial charge < -0.3 is 10.6 Å². The summed E-state index contributed by atoms with van der Waals surface area (Å²) in [7, 11) is 0. The second-order valence-corrected chi connectivity index (χ2v) is 7.18. The lowest BCUT2D eigenvalue weighted by Gasteiger charge is -2.17. The fourth-order valence-corrected chi connectivity index (χ4v) is 3.34. The number of ketones is 1. The SMILES string of the molecule is O=C(CCC(=O)c1ccc2c(c1)CCC(=O)N2)Nc1cn(Cc2ccccc2)nn1. The number of amides is 2. The second-order valence-electron chi connectivity index (χ2n) is 7.18. The van der Waals surface area contributed by atoms with Gasteiger partial charge in [-0.25, -0.2) is 4.68 Å². The Morgan fingerprint density at radius 1 is 1.07 bits per heavy atom. The van der Waals surface area contributed by atoms with Crippen LogP contribution in [0.3, 0.4) is 0 Å². The highest BCUT2D eigenvalue weighted by molar-refractivity contribution is 6.01. The molecule has 3 aromatic rings. The predicted octanol–water partition coefficient (Wildman–Crippen LogP) is 2.81. The Bertz CT molecular complexity index is 1090. The van der Waals surface area contributed by atoms with Crippen LogP contribution in [0.4, 0.5) is 11.5 Å². The Labute approximate surface area is 173 Å². The molecule has 0 unspecified atom stereocenters. The van der Waals surface area contributed by atoms with Crippen LogP contribution in [0.1, 0.15) is 40.7 Å². The predicted molar refractivity (Wildman–Crippen MR) is 111 cm³/mol. The molecule has 152 valence electrons. The summed E-state index contributed by atoms with van der Waals surface area (Å²) in [5.41, 5.74) is 3.32. The average Bonchev–Trinajstić information content (AvgIpc) is 3.18. The molecule has 30 heavy (non-hydrogen) atoms. The lowest BCUT2D eigenvalue weighted by molar-refractivity contribution is -0.117. The van der Waals surface area contributed by atoms with Gasteiger partial charge in [-0.15, -0.1) is 5.10 Å². The highest BCUT2D eigenvalue weighted by Crippen LogP contribution is 2.24. The van der Waals surface area contributed by atoms with Gasteiger partial charge in [-0.2, -0.15) is 0 Å². The molecule has 0 bridgehead atoms. The van der Waals surface area contributed by atoms with Crippen LogP contribution < -0.4 is 10.6 Å². The number of fused-ring (bicyclic) bond motifs is 1. The Morgan fingerprint density at radius 3 is 2.73 bits per heavy atom. The van der Waals surface area contributed by atoms with Crippen molar-refractivity contribution in [3.05, 3.63) is 71.4 Å². The molecule has 2 aromatic carbocycles. The number of aromatic nitrogens is 3. The van der Waals surface area contributed by atoms with E-state index >= 15 is 0 Å². The number of carbonyl (C=O) groups is 3. The van der Waals surface area contributed by atoms with E-state index in [0.29, 0.717) is 30.8 Å². The molecule has 1 aliphatic heterocycles. The summed E-state index contributed by atoms with van der Waals surface area (Å²) >= 11 is 0.